The van der Waals surface area contributed by atoms with E-state index in [1.807, 2.05) is 0 Å². The molecule has 7 heteroatoms. The number of esters is 1. The first-order chi connectivity index (χ1) is 8.65. The number of hydrogen-bond donors (Lipinski definition) is 1. The van der Waals surface area contributed by atoms with Crippen LogP contribution >= 0.6 is 15.9 Å². The van der Waals surface area contributed by atoms with Crippen LogP contribution in [0.25, 0.3) is 5.69 Å². The van der Waals surface area contributed by atoms with E-state index >= 15 is 0 Å². The van der Waals surface area contributed by atoms with Crippen LogP contribution in [0.5, 0.6) is 0 Å². The third-order valence-corrected chi connectivity index (χ3v) is 2.89. The molecule has 2 aromatic rings. The number of ether oxygens (including phenoxy) is 1. The molecule has 0 aliphatic heterocycles. The van der Waals surface area contributed by atoms with E-state index in [0.717, 1.165) is 10.2 Å². The van der Waals surface area contributed by atoms with Gasteiger partial charge in [0.15, 0.2) is 5.69 Å². The molecule has 0 spiro atoms. The number of carbonyl (C=O) groups excluding carboxylic acids is 1. The number of nitrogen functional groups attached to an aromatic ring is 1. The fourth-order valence-electron chi connectivity index (χ4n) is 1.47. The molecule has 18 heavy (non-hydrogen) atoms. The zero-order valence-electron chi connectivity index (χ0n) is 9.63. The topological polar surface area (TPSA) is 83.0 Å². The molecule has 0 aliphatic rings. The Morgan fingerprint density at radius 2 is 2.39 bits per heavy atom. The molecule has 2 rings (SSSR count). The van der Waals surface area contributed by atoms with E-state index in [1.54, 1.807) is 30.0 Å². The van der Waals surface area contributed by atoms with Crippen molar-refractivity contribution in [2.45, 2.75) is 6.92 Å². The number of nitrogens with two attached hydrogens (primary N) is 1. The van der Waals surface area contributed by atoms with Gasteiger partial charge in [-0.2, -0.15) is 0 Å². The zero-order valence-corrected chi connectivity index (χ0v) is 11.2. The lowest BCUT2D eigenvalue weighted by Crippen LogP contribution is -2.09. The fourth-order valence-corrected chi connectivity index (χ4v) is 1.91. The minimum absolute atomic E-state index is 0.112. The molecule has 0 bridgehead atoms. The van der Waals surface area contributed by atoms with Crippen molar-refractivity contribution >= 4 is 27.7 Å². The molecule has 0 amide bonds. The van der Waals surface area contributed by atoms with Crippen LogP contribution in [0.1, 0.15) is 17.4 Å². The maximum absolute atomic E-state index is 11.6. The molecule has 0 aromatic carbocycles. The molecule has 0 saturated heterocycles. The lowest BCUT2D eigenvalue weighted by Gasteiger charge is -2.07. The summed E-state index contributed by atoms with van der Waals surface area (Å²) in [5.41, 5.74) is 6.76. The maximum Gasteiger partial charge on any atom is 0.360 e. The van der Waals surface area contributed by atoms with Gasteiger partial charge in [0.1, 0.15) is 12.1 Å². The Hall–Kier alpha value is -1.89. The molecule has 0 aliphatic carbocycles. The third-order valence-electron chi connectivity index (χ3n) is 2.28. The molecule has 0 unspecified atom stereocenters. The van der Waals surface area contributed by atoms with E-state index < -0.39 is 5.97 Å². The van der Waals surface area contributed by atoms with Gasteiger partial charge in [-0.3, -0.25) is 9.55 Å². The average molecular weight is 311 g/mol. The Morgan fingerprint density at radius 1 is 1.61 bits per heavy atom. The van der Waals surface area contributed by atoms with Crippen molar-refractivity contribution in [1.29, 1.82) is 0 Å². The van der Waals surface area contributed by atoms with Gasteiger partial charge < -0.3 is 10.5 Å². The van der Waals surface area contributed by atoms with E-state index in [-0.39, 0.29) is 18.1 Å². The van der Waals surface area contributed by atoms with Crippen LogP contribution < -0.4 is 5.73 Å². The zero-order chi connectivity index (χ0) is 13.1. The Labute approximate surface area is 112 Å². The predicted octanol–water partition coefficient (Wildman–Crippen LogP) is 1.79. The Bertz CT molecular complexity index is 582. The minimum atomic E-state index is -0.529. The highest BCUT2D eigenvalue weighted by atomic mass is 79.9. The smallest absolute Gasteiger partial charge is 0.360 e. The van der Waals surface area contributed by atoms with E-state index in [1.165, 1.54) is 6.33 Å². The first-order valence-electron chi connectivity index (χ1n) is 5.25. The van der Waals surface area contributed by atoms with Crippen molar-refractivity contribution in [2.75, 3.05) is 12.3 Å². The van der Waals surface area contributed by atoms with Crippen LogP contribution in [0.4, 0.5) is 5.82 Å². The SMILES string of the molecule is CCOC(=O)c1ncn(-c2ccncc2Br)c1N. The molecule has 0 fully saturated rings. The molecular formula is C11H11BrN4O2. The molecule has 2 N–H and O–H groups in total. The summed E-state index contributed by atoms with van der Waals surface area (Å²) in [6, 6.07) is 1.76. The summed E-state index contributed by atoms with van der Waals surface area (Å²) in [5, 5.41) is 0. The number of aromatic nitrogens is 3. The minimum Gasteiger partial charge on any atom is -0.461 e. The van der Waals surface area contributed by atoms with Gasteiger partial charge in [-0.1, -0.05) is 0 Å². The molecule has 0 atom stereocenters. The summed E-state index contributed by atoms with van der Waals surface area (Å²) in [6.07, 6.45) is 4.74. The van der Waals surface area contributed by atoms with Gasteiger partial charge in [-0.05, 0) is 28.9 Å². The van der Waals surface area contributed by atoms with Gasteiger partial charge in [0, 0.05) is 12.4 Å². The lowest BCUT2D eigenvalue weighted by atomic mass is 10.4. The summed E-state index contributed by atoms with van der Waals surface area (Å²) < 4.78 is 7.22. The summed E-state index contributed by atoms with van der Waals surface area (Å²) in [5.74, 6) is -0.292. The number of anilines is 1. The van der Waals surface area contributed by atoms with Crippen molar-refractivity contribution in [1.82, 2.24) is 14.5 Å². The normalized spacial score (nSPS) is 10.3. The van der Waals surface area contributed by atoms with E-state index in [2.05, 4.69) is 25.9 Å². The number of pyridine rings is 1. The predicted molar refractivity (Wildman–Crippen MR) is 69.4 cm³/mol. The number of rotatable bonds is 3. The molecule has 0 radical (unpaired) electrons. The summed E-state index contributed by atoms with van der Waals surface area (Å²) >= 11 is 3.36. The van der Waals surface area contributed by atoms with Gasteiger partial charge in [0.05, 0.1) is 16.8 Å². The quantitative estimate of drug-likeness (QED) is 0.874. The Kier molecular flexibility index (Phi) is 3.61. The average Bonchev–Trinajstić information content (AvgIpc) is 2.72. The van der Waals surface area contributed by atoms with Gasteiger partial charge in [0.25, 0.3) is 0 Å². The van der Waals surface area contributed by atoms with Crippen molar-refractivity contribution in [2.24, 2.45) is 0 Å². The van der Waals surface area contributed by atoms with Crippen LogP contribution in [0.15, 0.2) is 29.3 Å². The number of carbonyl (C=O) groups is 1. The molecule has 94 valence electrons. The third kappa shape index (κ3) is 2.21. The molecule has 0 saturated carbocycles. The molecular weight excluding hydrogens is 300 g/mol. The first kappa shape index (κ1) is 12.6. The number of halogens is 1. The monoisotopic (exact) mass is 310 g/mol. The Morgan fingerprint density at radius 3 is 3.06 bits per heavy atom. The maximum atomic E-state index is 11.6. The van der Waals surface area contributed by atoms with Crippen molar-refractivity contribution in [3.05, 3.63) is 35.0 Å². The summed E-state index contributed by atoms with van der Waals surface area (Å²) in [7, 11) is 0. The van der Waals surface area contributed by atoms with E-state index in [9.17, 15) is 4.79 Å². The number of hydrogen-bond acceptors (Lipinski definition) is 5. The second kappa shape index (κ2) is 5.18. The first-order valence-corrected chi connectivity index (χ1v) is 6.04. The van der Waals surface area contributed by atoms with Crippen molar-refractivity contribution < 1.29 is 9.53 Å². The summed E-state index contributed by atoms with van der Waals surface area (Å²) in [4.78, 5) is 19.5. The van der Waals surface area contributed by atoms with Crippen molar-refractivity contribution in [3.8, 4) is 5.69 Å². The Balaban J connectivity index is 2.43. The van der Waals surface area contributed by atoms with E-state index in [0.29, 0.717) is 0 Å². The highest BCUT2D eigenvalue weighted by Gasteiger charge is 2.18. The van der Waals surface area contributed by atoms with Crippen LogP contribution in [-0.4, -0.2) is 27.1 Å². The molecule has 2 aromatic heterocycles. The van der Waals surface area contributed by atoms with Gasteiger partial charge >= 0.3 is 5.97 Å². The van der Waals surface area contributed by atoms with Crippen LogP contribution in [-0.2, 0) is 4.74 Å². The number of imidazole rings is 1. The van der Waals surface area contributed by atoms with Crippen LogP contribution in [0.3, 0.4) is 0 Å². The van der Waals surface area contributed by atoms with Crippen LogP contribution in [0.2, 0.25) is 0 Å². The molecule has 2 heterocycles. The van der Waals surface area contributed by atoms with Gasteiger partial charge in [0.2, 0.25) is 0 Å². The largest absolute Gasteiger partial charge is 0.461 e. The lowest BCUT2D eigenvalue weighted by molar-refractivity contribution is 0.0521. The number of nitrogens with zero attached hydrogens (tertiary/aromatic N) is 3. The van der Waals surface area contributed by atoms with Gasteiger partial charge in [-0.25, -0.2) is 9.78 Å². The second-order valence-electron chi connectivity index (χ2n) is 3.40. The van der Waals surface area contributed by atoms with Crippen LogP contribution in [0, 0.1) is 0 Å². The van der Waals surface area contributed by atoms with Gasteiger partial charge in [-0.15, -0.1) is 0 Å². The second-order valence-corrected chi connectivity index (χ2v) is 4.25. The van der Waals surface area contributed by atoms with E-state index in [4.69, 9.17) is 10.5 Å². The summed E-state index contributed by atoms with van der Waals surface area (Å²) in [6.45, 7) is 2.01. The van der Waals surface area contributed by atoms with Crippen molar-refractivity contribution in [3.63, 3.8) is 0 Å². The highest BCUT2D eigenvalue weighted by molar-refractivity contribution is 9.10. The standard InChI is InChI=1S/C11H11BrN4O2/c1-2-18-11(17)9-10(13)16(6-15-9)8-3-4-14-5-7(8)12/h3-6H,2,13H2,1H3. The molecule has 6 nitrogen and oxygen atoms in total. The highest BCUT2D eigenvalue weighted by Crippen LogP contribution is 2.23. The fraction of sp³-hybridized carbons (Fsp3) is 0.182.